The number of halogens is 2. The van der Waals surface area contributed by atoms with Crippen LogP contribution in [0.5, 0.6) is 0 Å². The van der Waals surface area contributed by atoms with Gasteiger partial charge in [0.05, 0.1) is 16.2 Å². The van der Waals surface area contributed by atoms with Crippen molar-refractivity contribution in [3.63, 3.8) is 0 Å². The predicted octanol–water partition coefficient (Wildman–Crippen LogP) is 1.96. The number of aliphatic carboxylic acids is 2. The number of carboxylic acid groups (broad SMARTS) is 2. The van der Waals surface area contributed by atoms with Crippen LogP contribution in [0.15, 0.2) is 24.5 Å². The number of hydrogen-bond acceptors (Lipinski definition) is 11. The van der Waals surface area contributed by atoms with E-state index in [-0.39, 0.29) is 28.8 Å². The molecule has 0 spiro atoms. The molecule has 2 amide bonds. The van der Waals surface area contributed by atoms with Gasteiger partial charge in [-0.3, -0.25) is 14.4 Å². The normalized spacial score (nSPS) is 19.5. The van der Waals surface area contributed by atoms with Gasteiger partial charge in [-0.05, 0) is 18.9 Å². The first-order valence-electron chi connectivity index (χ1n) is 13.1. The summed E-state index contributed by atoms with van der Waals surface area (Å²) in [6, 6.07) is -0.157. The predicted molar refractivity (Wildman–Crippen MR) is 151 cm³/mol. The number of thioether (sulfide) groups is 2. The van der Waals surface area contributed by atoms with E-state index in [0.717, 1.165) is 36.5 Å². The first-order valence-corrected chi connectivity index (χ1v) is 15.2. The van der Waals surface area contributed by atoms with Crippen LogP contribution >= 0.6 is 23.5 Å². The number of aromatic nitrogens is 4. The monoisotopic (exact) mass is 640 g/mol. The number of hydrogen-bond donors (Lipinski definition) is 4. The molecule has 0 saturated heterocycles. The summed E-state index contributed by atoms with van der Waals surface area (Å²) in [7, 11) is 0. The fourth-order valence-corrected chi connectivity index (χ4v) is 7.55. The zero-order valence-corrected chi connectivity index (χ0v) is 24.7. The Morgan fingerprint density at radius 3 is 1.93 bits per heavy atom. The highest BCUT2D eigenvalue weighted by atomic mass is 32.2. The van der Waals surface area contributed by atoms with Crippen LogP contribution < -0.4 is 10.6 Å². The van der Waals surface area contributed by atoms with Crippen molar-refractivity contribution in [3.05, 3.63) is 48.1 Å². The van der Waals surface area contributed by atoms with Gasteiger partial charge in [0.25, 0.3) is 0 Å². The highest BCUT2D eigenvalue weighted by Gasteiger charge is 2.43. The van der Waals surface area contributed by atoms with E-state index in [9.17, 15) is 43.0 Å². The van der Waals surface area contributed by atoms with E-state index < -0.39 is 70.2 Å². The number of carboxylic acids is 2. The van der Waals surface area contributed by atoms with E-state index in [0.29, 0.717) is 19.3 Å². The Balaban J connectivity index is 1.96. The molecule has 6 atom stereocenters. The number of ketones is 1. The lowest BCUT2D eigenvalue weighted by atomic mass is 9.76. The summed E-state index contributed by atoms with van der Waals surface area (Å²) in [4.78, 5) is 76.0. The Labute approximate surface area is 253 Å². The largest absolute Gasteiger partial charge is 0.480 e. The molecule has 0 aliphatic heterocycles. The lowest BCUT2D eigenvalue weighted by Crippen LogP contribution is -2.42. The maximum Gasteiger partial charge on any atom is 0.327 e. The molecule has 0 bridgehead atoms. The van der Waals surface area contributed by atoms with Crippen LogP contribution in [0.2, 0.25) is 0 Å². The molecule has 0 radical (unpaired) electrons. The summed E-state index contributed by atoms with van der Waals surface area (Å²) in [6.07, 6.45) is 2.45. The van der Waals surface area contributed by atoms with Crippen molar-refractivity contribution in [2.45, 2.75) is 55.7 Å². The Bertz CT molecular complexity index is 1260. The van der Waals surface area contributed by atoms with E-state index in [2.05, 4.69) is 30.6 Å². The molecule has 43 heavy (non-hydrogen) atoms. The standard InChI is InChI=1S/C26H30F2N6O7S2/c1-12(35)31-17(24(38)39)10-42-21(16-6-8-30-26(28)33-16)14-4-3-5-15(20(14)37)22(23-29-9-7-19(27)34-23)43-11-18(25(40)41)32-13(2)36/h6-9,14-15,17-18,21-22H,3-5,10-11H2,1-2H3,(H,31,35)(H,32,36)(H,38,39)(H,40,41). The molecule has 2 aromatic rings. The molecule has 0 aromatic carbocycles. The maximum absolute atomic E-state index is 14.2. The average Bonchev–Trinajstić information content (AvgIpc) is 2.93. The van der Waals surface area contributed by atoms with Crippen LogP contribution in [0, 0.1) is 23.9 Å². The molecule has 1 aliphatic carbocycles. The number of amides is 2. The molecule has 13 nitrogen and oxygen atoms in total. The molecule has 232 valence electrons. The molecule has 17 heteroatoms. The summed E-state index contributed by atoms with van der Waals surface area (Å²) in [5.74, 6) is -6.95. The summed E-state index contributed by atoms with van der Waals surface area (Å²) in [5.41, 5.74) is 0.145. The third-order valence-corrected chi connectivity index (χ3v) is 9.44. The fraction of sp³-hybridized carbons (Fsp3) is 0.500. The summed E-state index contributed by atoms with van der Waals surface area (Å²) in [5, 5.41) is 22.1. The van der Waals surface area contributed by atoms with Crippen LogP contribution in [0.3, 0.4) is 0 Å². The first kappa shape index (κ1) is 33.8. The lowest BCUT2D eigenvalue weighted by Gasteiger charge is -2.36. The number of nitrogens with one attached hydrogen (secondary N) is 2. The second-order valence-electron chi connectivity index (χ2n) is 9.72. The molecule has 1 aliphatic rings. The summed E-state index contributed by atoms with van der Waals surface area (Å²) >= 11 is 2.00. The van der Waals surface area contributed by atoms with Gasteiger partial charge in [0, 0.05) is 55.6 Å². The molecule has 6 unspecified atom stereocenters. The van der Waals surface area contributed by atoms with Gasteiger partial charge in [-0.15, -0.1) is 23.5 Å². The van der Waals surface area contributed by atoms with Crippen molar-refractivity contribution in [2.24, 2.45) is 11.8 Å². The van der Waals surface area contributed by atoms with Crippen molar-refractivity contribution in [2.75, 3.05) is 11.5 Å². The Morgan fingerprint density at radius 1 is 0.884 bits per heavy atom. The minimum absolute atomic E-state index is 0.0372. The molecule has 1 fully saturated rings. The van der Waals surface area contributed by atoms with Crippen LogP contribution in [0.1, 0.15) is 55.1 Å². The second-order valence-corrected chi connectivity index (χ2v) is 12.1. The minimum atomic E-state index is -1.30. The number of carbonyl (C=O) groups is 5. The van der Waals surface area contributed by atoms with Gasteiger partial charge in [0.15, 0.2) is 0 Å². The molecular weight excluding hydrogens is 610 g/mol. The zero-order valence-electron chi connectivity index (χ0n) is 23.1. The van der Waals surface area contributed by atoms with Crippen LogP contribution in [0.4, 0.5) is 8.78 Å². The third-order valence-electron chi connectivity index (χ3n) is 6.56. The van der Waals surface area contributed by atoms with Gasteiger partial charge >= 0.3 is 18.0 Å². The Hall–Kier alpha value is -3.73. The van der Waals surface area contributed by atoms with Crippen LogP contribution in [-0.2, 0) is 24.0 Å². The van der Waals surface area contributed by atoms with E-state index in [4.69, 9.17) is 0 Å². The average molecular weight is 641 g/mol. The summed E-state index contributed by atoms with van der Waals surface area (Å²) in [6.45, 7) is 2.33. The topological polar surface area (TPSA) is 201 Å². The highest BCUT2D eigenvalue weighted by molar-refractivity contribution is 7.99. The maximum atomic E-state index is 14.2. The van der Waals surface area contributed by atoms with Gasteiger partial charge in [0.2, 0.25) is 17.8 Å². The Kier molecular flexibility index (Phi) is 12.3. The number of nitrogens with zero attached hydrogens (tertiary/aromatic N) is 4. The van der Waals surface area contributed by atoms with Gasteiger partial charge in [0.1, 0.15) is 23.7 Å². The fourth-order valence-electron chi connectivity index (χ4n) is 4.73. The number of carbonyl (C=O) groups excluding carboxylic acids is 3. The van der Waals surface area contributed by atoms with Gasteiger partial charge in [-0.25, -0.2) is 29.5 Å². The van der Waals surface area contributed by atoms with Crippen molar-refractivity contribution in [3.8, 4) is 0 Å². The SMILES string of the molecule is CC(=O)NC(CSC(c1ccnc(F)n1)C1CCCC(C(SCC(NC(C)=O)C(=O)O)c2nccc(F)n2)C1=O)C(=O)O. The molecule has 2 aromatic heterocycles. The Morgan fingerprint density at radius 2 is 1.42 bits per heavy atom. The van der Waals surface area contributed by atoms with E-state index >= 15 is 0 Å². The van der Waals surface area contributed by atoms with Gasteiger partial charge < -0.3 is 20.8 Å². The van der Waals surface area contributed by atoms with Crippen molar-refractivity contribution in [1.82, 2.24) is 30.6 Å². The zero-order chi connectivity index (χ0) is 31.7. The van der Waals surface area contributed by atoms with Gasteiger partial charge in [-0.1, -0.05) is 6.42 Å². The third kappa shape index (κ3) is 9.64. The first-order chi connectivity index (χ1) is 20.4. The number of Topliss-reactive ketones (excluding diaryl/α,β-unsaturated/α-hetero) is 1. The highest BCUT2D eigenvalue weighted by Crippen LogP contribution is 2.48. The molecule has 3 rings (SSSR count). The van der Waals surface area contributed by atoms with E-state index in [1.165, 1.54) is 25.4 Å². The van der Waals surface area contributed by atoms with Crippen molar-refractivity contribution in [1.29, 1.82) is 0 Å². The van der Waals surface area contributed by atoms with Crippen LogP contribution in [0.25, 0.3) is 0 Å². The van der Waals surface area contributed by atoms with Crippen molar-refractivity contribution < 1.29 is 43.0 Å². The van der Waals surface area contributed by atoms with E-state index in [1.54, 1.807) is 0 Å². The number of rotatable bonds is 14. The van der Waals surface area contributed by atoms with Crippen LogP contribution in [-0.4, -0.2) is 83.3 Å². The molecule has 4 N–H and O–H groups in total. The molecule has 2 heterocycles. The smallest absolute Gasteiger partial charge is 0.327 e. The van der Waals surface area contributed by atoms with Gasteiger partial charge in [-0.2, -0.15) is 8.78 Å². The van der Waals surface area contributed by atoms with Crippen molar-refractivity contribution >= 4 is 53.1 Å². The summed E-state index contributed by atoms with van der Waals surface area (Å²) < 4.78 is 28.2. The molecule has 1 saturated carbocycles. The minimum Gasteiger partial charge on any atom is -0.480 e. The quantitative estimate of drug-likeness (QED) is 0.173. The lowest BCUT2D eigenvalue weighted by molar-refractivity contribution is -0.141. The van der Waals surface area contributed by atoms with E-state index in [1.807, 2.05) is 0 Å². The molecular formula is C26H30F2N6O7S2. The second kappa shape index (κ2) is 15.7.